The third kappa shape index (κ3) is 11.1. The number of phenols is 1. The number of amides is 1. The molecule has 33 heteroatoms. The van der Waals surface area contributed by atoms with E-state index < -0.39 is 140 Å². The van der Waals surface area contributed by atoms with E-state index in [0.29, 0.717) is 16.8 Å². The van der Waals surface area contributed by atoms with Crippen LogP contribution in [0.15, 0.2) is 118 Å². The molecule has 0 bridgehead atoms. The number of aliphatic hydroxyl groups is 2. The second-order valence-corrected chi connectivity index (χ2v) is 17.8. The Morgan fingerprint density at radius 3 is 1.79 bits per heavy atom. The van der Waals surface area contributed by atoms with E-state index in [4.69, 9.17) is 15.2 Å². The van der Waals surface area contributed by atoms with E-state index in [-0.39, 0.29) is 39.3 Å². The van der Waals surface area contributed by atoms with Crippen molar-refractivity contribution in [3.63, 3.8) is 0 Å². The first kappa shape index (κ1) is 51.0. The van der Waals surface area contributed by atoms with Crippen LogP contribution in [0, 0.1) is 10.1 Å². The maximum atomic E-state index is 12.8. The number of hydrogen-bond donors (Lipinski definition) is 9. The van der Waals surface area contributed by atoms with Crippen LogP contribution in [0.1, 0.15) is 20.8 Å². The molecule has 1 amide bonds. The van der Waals surface area contributed by atoms with Gasteiger partial charge < -0.3 is 40.7 Å². The highest BCUT2D eigenvalue weighted by Crippen LogP contribution is 2.46. The number of azo groups is 3. The topological polar surface area (TPSA) is 478 Å². The number of hydrogen-bond acceptors (Lipinski definition) is 23. The summed E-state index contributed by atoms with van der Waals surface area (Å²) in [6.45, 7) is -2.02. The summed E-state index contributed by atoms with van der Waals surface area (Å²) in [7, 11) is -15.3. The van der Waals surface area contributed by atoms with Gasteiger partial charge in [-0.25, -0.2) is 4.79 Å². The van der Waals surface area contributed by atoms with E-state index in [9.17, 15) is 84.1 Å². The predicted molar refractivity (Wildman–Crippen MR) is 233 cm³/mol. The zero-order valence-corrected chi connectivity index (χ0v) is 37.0. The fraction of sp³-hybridized carbons (Fsp3) is 0.108. The van der Waals surface area contributed by atoms with Crippen LogP contribution >= 0.6 is 0 Å². The summed E-state index contributed by atoms with van der Waals surface area (Å²) >= 11 is 0. The average Bonchev–Trinajstić information content (AvgIpc) is 3.62. The van der Waals surface area contributed by atoms with Crippen molar-refractivity contribution in [2.75, 3.05) is 26.4 Å². The van der Waals surface area contributed by atoms with Gasteiger partial charge in [0.05, 0.1) is 34.3 Å². The average molecular weight is 1030 g/mol. The van der Waals surface area contributed by atoms with Gasteiger partial charge in [-0.1, -0.05) is 0 Å². The van der Waals surface area contributed by atoms with Crippen molar-refractivity contribution in [1.29, 1.82) is 0 Å². The fourth-order valence-corrected chi connectivity index (χ4v) is 7.80. The van der Waals surface area contributed by atoms with E-state index in [1.54, 1.807) is 0 Å². The number of carbonyl (C=O) groups excluding carboxylic acids is 1. The second-order valence-electron chi connectivity index (χ2n) is 13.6. The molecule has 0 radical (unpaired) electrons. The summed E-state index contributed by atoms with van der Waals surface area (Å²) in [6.07, 6.45) is 0. The lowest BCUT2D eigenvalue weighted by atomic mass is 10.1. The summed E-state index contributed by atoms with van der Waals surface area (Å²) in [5.41, 5.74) is -0.345. The molecule has 0 aliphatic carbocycles. The maximum absolute atomic E-state index is 12.8. The number of carboxylic acids is 1. The molecule has 0 spiro atoms. The Bertz CT molecular complexity index is 3580. The number of aromatic hydroxyl groups is 2. The number of nitrogens with two attached hydrogens (primary N) is 1. The monoisotopic (exact) mass is 1030 g/mol. The summed E-state index contributed by atoms with van der Waals surface area (Å²) in [5.74, 6) is -5.50. The number of benzene rings is 5. The van der Waals surface area contributed by atoms with Crippen molar-refractivity contribution < 1.29 is 88.4 Å². The molecule has 1 aromatic heterocycles. The van der Waals surface area contributed by atoms with Crippen LogP contribution in [0.3, 0.4) is 0 Å². The Kier molecular flexibility index (Phi) is 14.6. The quantitative estimate of drug-likeness (QED) is 0.0226. The largest absolute Gasteiger partial charge is 0.505 e. The number of nitro groups is 1. The van der Waals surface area contributed by atoms with Crippen LogP contribution in [0.5, 0.6) is 23.1 Å². The Morgan fingerprint density at radius 1 is 0.686 bits per heavy atom. The molecular formula is C37H30N10O20S3. The lowest BCUT2D eigenvalue weighted by molar-refractivity contribution is -0.385. The van der Waals surface area contributed by atoms with E-state index >= 15 is 0 Å². The van der Waals surface area contributed by atoms with Crippen LogP contribution in [0.2, 0.25) is 0 Å². The van der Waals surface area contributed by atoms with Gasteiger partial charge in [0, 0.05) is 29.7 Å². The number of carbonyl (C=O) groups is 2. The molecule has 70 heavy (non-hydrogen) atoms. The molecule has 10 N–H and O–H groups in total. The molecule has 0 atom stereocenters. The summed E-state index contributed by atoms with van der Waals surface area (Å²) in [6, 6.07) is 10.7. The number of aromatic nitrogens is 2. The van der Waals surface area contributed by atoms with Crippen molar-refractivity contribution in [2.45, 2.75) is 14.7 Å². The third-order valence-electron chi connectivity index (χ3n) is 9.07. The molecule has 366 valence electrons. The van der Waals surface area contributed by atoms with Crippen LogP contribution in [-0.4, -0.2) is 117 Å². The lowest BCUT2D eigenvalue weighted by Gasteiger charge is -2.13. The number of non-ortho nitro benzene ring substituents is 1. The Labute approximate surface area is 390 Å². The number of ether oxygens (including phenoxy) is 2. The van der Waals surface area contributed by atoms with Crippen LogP contribution < -0.4 is 15.2 Å². The first-order chi connectivity index (χ1) is 32.8. The molecular weight excluding hydrogens is 1000 g/mol. The van der Waals surface area contributed by atoms with Gasteiger partial charge in [-0.3, -0.25) is 28.6 Å². The predicted octanol–water partition coefficient (Wildman–Crippen LogP) is 4.87. The van der Waals surface area contributed by atoms with Gasteiger partial charge in [-0.05, 0) is 53.9 Å². The van der Waals surface area contributed by atoms with Crippen LogP contribution in [0.4, 0.5) is 39.8 Å². The van der Waals surface area contributed by atoms with E-state index in [2.05, 4.69) is 35.8 Å². The normalized spacial score (nSPS) is 12.4. The van der Waals surface area contributed by atoms with Crippen molar-refractivity contribution in [3.8, 4) is 28.8 Å². The Hall–Kier alpha value is -8.44. The number of rotatable bonds is 19. The third-order valence-corrected chi connectivity index (χ3v) is 11.7. The van der Waals surface area contributed by atoms with Gasteiger partial charge in [0.2, 0.25) is 5.88 Å². The number of primary amides is 1. The standard InChI is InChI=1S/C37H30N10O20S3/c38-35(51)32-33(44-39-23-6-3-20(68(57,58)59)14-22(23)37(53)54)36(52)46(45-32)18-1-4-21-17(11-18)12-30(70(63,64)65)31(34(21)50)43-42-26-16-27(66-9-7-48)25(15-28(26)67-10-8-49)41-40-24-5-2-19(47(55)56)13-29(24)69(60,61)62/h1-6,11-16,48-50,52H,7-10H2,(H2,38,51)(H,53,54)(H,57,58,59)(H,60,61,62)(H,63,64,65). The van der Waals surface area contributed by atoms with Gasteiger partial charge in [-0.2, -0.15) is 35.0 Å². The number of nitrogens with zero attached hydrogens (tertiary/aromatic N) is 9. The van der Waals surface area contributed by atoms with Crippen LogP contribution in [-0.2, 0) is 30.4 Å². The SMILES string of the molecule is NC(=O)c1nn(-c2ccc3c(O)c(N=Nc4cc(OCCO)c(N=Nc5ccc([N+](=O)[O-])cc5S(=O)(=O)O)cc4OCCO)c(S(=O)(=O)O)cc3c2)c(O)c1N=Nc1ccc(S(=O)(=O)O)cc1C(=O)O. The molecule has 0 unspecified atom stereocenters. The molecule has 0 saturated carbocycles. The minimum absolute atomic E-state index is 0.184. The number of nitro benzene ring substituents is 1. The molecule has 0 saturated heterocycles. The number of fused-ring (bicyclic) bond motifs is 1. The number of aliphatic hydroxyl groups excluding tert-OH is 2. The molecule has 0 fully saturated rings. The highest BCUT2D eigenvalue weighted by molar-refractivity contribution is 7.86. The fourth-order valence-electron chi connectivity index (χ4n) is 6.00. The Balaban J connectivity index is 1.44. The minimum Gasteiger partial charge on any atom is -0.505 e. The molecule has 0 aliphatic heterocycles. The summed E-state index contributed by atoms with van der Waals surface area (Å²) in [5, 5.41) is 88.7. The van der Waals surface area contributed by atoms with Crippen molar-refractivity contribution in [2.24, 2.45) is 36.4 Å². The lowest BCUT2D eigenvalue weighted by Crippen LogP contribution is -2.12. The van der Waals surface area contributed by atoms with Gasteiger partial charge in [0.25, 0.3) is 41.9 Å². The zero-order valence-electron chi connectivity index (χ0n) is 34.6. The summed E-state index contributed by atoms with van der Waals surface area (Å²) in [4.78, 5) is 31.7. The molecule has 6 rings (SSSR count). The highest BCUT2D eigenvalue weighted by atomic mass is 32.2. The first-order valence-corrected chi connectivity index (χ1v) is 23.1. The number of phenolic OH excluding ortho intramolecular Hbond substituents is 1. The first-order valence-electron chi connectivity index (χ1n) is 18.7. The van der Waals surface area contributed by atoms with Crippen molar-refractivity contribution >= 4 is 92.8 Å². The van der Waals surface area contributed by atoms with Crippen molar-refractivity contribution in [1.82, 2.24) is 9.78 Å². The van der Waals surface area contributed by atoms with E-state index in [1.165, 1.54) is 6.07 Å². The molecule has 0 aliphatic rings. The van der Waals surface area contributed by atoms with Crippen molar-refractivity contribution in [3.05, 3.63) is 94.2 Å². The molecule has 1 heterocycles. The zero-order chi connectivity index (χ0) is 51.5. The highest BCUT2D eigenvalue weighted by Gasteiger charge is 2.27. The van der Waals surface area contributed by atoms with Gasteiger partial charge in [0.1, 0.15) is 62.9 Å². The minimum atomic E-state index is -5.32. The summed E-state index contributed by atoms with van der Waals surface area (Å²) < 4.78 is 114. The maximum Gasteiger partial charge on any atom is 0.338 e. The van der Waals surface area contributed by atoms with Gasteiger partial charge in [-0.15, -0.1) is 30.7 Å². The van der Waals surface area contributed by atoms with Gasteiger partial charge >= 0.3 is 5.97 Å². The van der Waals surface area contributed by atoms with E-state index in [0.717, 1.165) is 54.6 Å². The smallest absolute Gasteiger partial charge is 0.338 e. The number of aromatic carboxylic acids is 1. The molecule has 5 aromatic carbocycles. The van der Waals surface area contributed by atoms with Gasteiger partial charge in [0.15, 0.2) is 17.1 Å². The molecule has 6 aromatic rings. The Morgan fingerprint density at radius 2 is 1.24 bits per heavy atom. The molecule has 30 nitrogen and oxygen atoms in total. The van der Waals surface area contributed by atoms with Crippen LogP contribution in [0.25, 0.3) is 16.5 Å². The second kappa shape index (κ2) is 20.0. The number of carboxylic acid groups (broad SMARTS) is 1. The van der Waals surface area contributed by atoms with E-state index in [1.807, 2.05) is 0 Å².